The van der Waals surface area contributed by atoms with Gasteiger partial charge in [0, 0.05) is 27.9 Å². The Morgan fingerprint density at radius 3 is 1.74 bits per heavy atom. The zero-order valence-corrected chi connectivity index (χ0v) is 30.8. The third-order valence-electron chi connectivity index (χ3n) is 10.9. The van der Waals surface area contributed by atoms with Gasteiger partial charge in [-0.15, -0.1) is 0 Å². The number of oxazole rings is 1. The van der Waals surface area contributed by atoms with E-state index in [1.54, 1.807) is 0 Å². The summed E-state index contributed by atoms with van der Waals surface area (Å²) in [6.07, 6.45) is 0. The molecule has 0 amide bonds. The highest BCUT2D eigenvalue weighted by Gasteiger charge is 2.20. The van der Waals surface area contributed by atoms with E-state index in [1.165, 1.54) is 27.5 Å². The minimum absolute atomic E-state index is 0.602. The largest absolute Gasteiger partial charge is 0.456 e. The van der Waals surface area contributed by atoms with E-state index in [0.717, 1.165) is 72.4 Å². The van der Waals surface area contributed by atoms with Gasteiger partial charge in [-0.1, -0.05) is 133 Å². The van der Waals surface area contributed by atoms with E-state index >= 15 is 0 Å². The molecule has 4 nitrogen and oxygen atoms in total. The lowest BCUT2D eigenvalue weighted by Gasteiger charge is -2.28. The van der Waals surface area contributed by atoms with Gasteiger partial charge >= 0.3 is 0 Å². The van der Waals surface area contributed by atoms with Gasteiger partial charge in [0.05, 0.1) is 11.1 Å². The van der Waals surface area contributed by atoms with Gasteiger partial charge in [-0.3, -0.25) is 0 Å². The molecule has 57 heavy (non-hydrogen) atoms. The summed E-state index contributed by atoms with van der Waals surface area (Å²) in [5.41, 5.74) is 14.2. The maximum absolute atomic E-state index is 6.44. The fourth-order valence-corrected chi connectivity index (χ4v) is 8.06. The Hall–Kier alpha value is -7.69. The first-order valence-electron chi connectivity index (χ1n) is 19.2. The Morgan fingerprint density at radius 1 is 0.386 bits per heavy atom. The highest BCUT2D eigenvalue weighted by Crippen LogP contribution is 2.43. The van der Waals surface area contributed by atoms with Crippen molar-refractivity contribution < 1.29 is 8.83 Å². The summed E-state index contributed by atoms with van der Waals surface area (Å²) in [6, 6.07) is 72.5. The molecule has 0 saturated heterocycles. The molecule has 0 saturated carbocycles. The molecule has 0 radical (unpaired) electrons. The van der Waals surface area contributed by atoms with Crippen LogP contribution in [0.25, 0.3) is 88.6 Å². The van der Waals surface area contributed by atoms with Crippen LogP contribution in [-0.2, 0) is 0 Å². The standard InChI is InChI=1S/C53H34N2O2/c1-3-11-35(12-4-1)37-21-26-43(27-22-37)55(48-18-10-9-17-45(48)42-20-19-36-13-7-8-16-40(36)33-42)44-28-23-38(24-29-44)41-25-30-46-50(34-41)56-49-32-31-47-52(51(46)49)57-53(54-47)39-14-5-2-6-15-39/h1-34H. The fourth-order valence-electron chi connectivity index (χ4n) is 8.06. The average Bonchev–Trinajstić information content (AvgIpc) is 3.89. The van der Waals surface area contributed by atoms with Crippen LogP contribution in [0.5, 0.6) is 0 Å². The molecule has 0 aliphatic carbocycles. The number of fused-ring (bicyclic) bond motifs is 6. The second-order valence-corrected chi connectivity index (χ2v) is 14.4. The molecule has 0 fully saturated rings. The molecule has 11 rings (SSSR count). The molecule has 9 aromatic carbocycles. The number of furan rings is 1. The zero-order chi connectivity index (χ0) is 37.7. The summed E-state index contributed by atoms with van der Waals surface area (Å²) in [5.74, 6) is 0.602. The van der Waals surface area contributed by atoms with Crippen molar-refractivity contribution >= 4 is 60.9 Å². The van der Waals surface area contributed by atoms with E-state index in [1.807, 2.05) is 42.5 Å². The number of anilines is 3. The molecule has 0 N–H and O–H groups in total. The highest BCUT2D eigenvalue weighted by molar-refractivity contribution is 6.16. The number of rotatable bonds is 7. The SMILES string of the molecule is c1ccc(-c2ccc(N(c3ccc(-c4ccc5c(c4)oc4ccc6nc(-c7ccccc7)oc6c45)cc3)c3ccccc3-c3ccc4ccccc4c3)cc2)cc1. The van der Waals surface area contributed by atoms with Crippen molar-refractivity contribution in [2.45, 2.75) is 0 Å². The highest BCUT2D eigenvalue weighted by atomic mass is 16.4. The molecule has 0 bridgehead atoms. The van der Waals surface area contributed by atoms with Crippen LogP contribution in [0, 0.1) is 0 Å². The van der Waals surface area contributed by atoms with Crippen molar-refractivity contribution in [3.8, 4) is 44.8 Å². The first-order chi connectivity index (χ1) is 28.2. The van der Waals surface area contributed by atoms with E-state index in [2.05, 4.69) is 169 Å². The van der Waals surface area contributed by atoms with Gasteiger partial charge in [0.15, 0.2) is 5.58 Å². The second-order valence-electron chi connectivity index (χ2n) is 14.4. The summed E-state index contributed by atoms with van der Waals surface area (Å²) in [4.78, 5) is 7.15. The summed E-state index contributed by atoms with van der Waals surface area (Å²) >= 11 is 0. The number of nitrogens with zero attached hydrogens (tertiary/aromatic N) is 2. The van der Waals surface area contributed by atoms with E-state index < -0.39 is 0 Å². The molecule has 0 atom stereocenters. The van der Waals surface area contributed by atoms with E-state index in [4.69, 9.17) is 13.8 Å². The Kier molecular flexibility index (Phi) is 7.78. The summed E-state index contributed by atoms with van der Waals surface area (Å²) in [6.45, 7) is 0. The van der Waals surface area contributed by atoms with Crippen molar-refractivity contribution in [2.75, 3.05) is 4.90 Å². The maximum Gasteiger partial charge on any atom is 0.227 e. The topological polar surface area (TPSA) is 42.4 Å². The molecule has 0 aliphatic rings. The Balaban J connectivity index is 0.990. The van der Waals surface area contributed by atoms with E-state index in [0.29, 0.717) is 5.89 Å². The average molecular weight is 731 g/mol. The summed E-state index contributed by atoms with van der Waals surface area (Å²) in [7, 11) is 0. The number of para-hydroxylation sites is 1. The van der Waals surface area contributed by atoms with Crippen LogP contribution in [0.1, 0.15) is 0 Å². The molecule has 0 aliphatic heterocycles. The Morgan fingerprint density at radius 2 is 0.982 bits per heavy atom. The monoisotopic (exact) mass is 730 g/mol. The van der Waals surface area contributed by atoms with Crippen LogP contribution in [0.3, 0.4) is 0 Å². The zero-order valence-electron chi connectivity index (χ0n) is 30.8. The van der Waals surface area contributed by atoms with E-state index in [-0.39, 0.29) is 0 Å². The van der Waals surface area contributed by atoms with Gasteiger partial charge in [-0.25, -0.2) is 4.98 Å². The number of hydrogen-bond donors (Lipinski definition) is 0. The van der Waals surface area contributed by atoms with Crippen molar-refractivity contribution in [1.82, 2.24) is 4.98 Å². The lowest BCUT2D eigenvalue weighted by Crippen LogP contribution is -2.11. The van der Waals surface area contributed by atoms with Crippen LogP contribution in [0.2, 0.25) is 0 Å². The molecule has 11 aromatic rings. The molecule has 268 valence electrons. The Bertz CT molecular complexity index is 3220. The number of benzene rings is 9. The number of hydrogen-bond acceptors (Lipinski definition) is 4. The van der Waals surface area contributed by atoms with Crippen LogP contribution in [-0.4, -0.2) is 4.98 Å². The minimum atomic E-state index is 0.602. The van der Waals surface area contributed by atoms with Crippen molar-refractivity contribution in [3.63, 3.8) is 0 Å². The molecule has 0 spiro atoms. The molecular formula is C53H34N2O2. The van der Waals surface area contributed by atoms with Crippen LogP contribution in [0.4, 0.5) is 17.1 Å². The van der Waals surface area contributed by atoms with Gasteiger partial charge < -0.3 is 13.7 Å². The summed E-state index contributed by atoms with van der Waals surface area (Å²) < 4.78 is 12.8. The molecular weight excluding hydrogens is 697 g/mol. The maximum atomic E-state index is 6.44. The lowest BCUT2D eigenvalue weighted by molar-refractivity contribution is 0.622. The molecule has 0 unspecified atom stereocenters. The van der Waals surface area contributed by atoms with Crippen molar-refractivity contribution in [3.05, 3.63) is 206 Å². The smallest absolute Gasteiger partial charge is 0.227 e. The van der Waals surface area contributed by atoms with Gasteiger partial charge in [-0.2, -0.15) is 0 Å². The van der Waals surface area contributed by atoms with Crippen molar-refractivity contribution in [2.24, 2.45) is 0 Å². The van der Waals surface area contributed by atoms with E-state index in [9.17, 15) is 0 Å². The normalized spacial score (nSPS) is 11.5. The van der Waals surface area contributed by atoms with Gasteiger partial charge in [0.2, 0.25) is 5.89 Å². The first kappa shape index (κ1) is 32.7. The third-order valence-corrected chi connectivity index (χ3v) is 10.9. The number of aromatic nitrogens is 1. The van der Waals surface area contributed by atoms with Crippen LogP contribution < -0.4 is 4.90 Å². The van der Waals surface area contributed by atoms with Gasteiger partial charge in [0.1, 0.15) is 16.7 Å². The molecule has 4 heteroatoms. The van der Waals surface area contributed by atoms with Crippen molar-refractivity contribution in [1.29, 1.82) is 0 Å². The quantitative estimate of drug-likeness (QED) is 0.164. The predicted molar refractivity (Wildman–Crippen MR) is 235 cm³/mol. The van der Waals surface area contributed by atoms with Gasteiger partial charge in [0.25, 0.3) is 0 Å². The minimum Gasteiger partial charge on any atom is -0.456 e. The van der Waals surface area contributed by atoms with Crippen LogP contribution >= 0.6 is 0 Å². The fraction of sp³-hybridized carbons (Fsp3) is 0. The molecule has 2 heterocycles. The lowest BCUT2D eigenvalue weighted by atomic mass is 9.98. The first-order valence-corrected chi connectivity index (χ1v) is 19.2. The Labute approximate surface area is 329 Å². The predicted octanol–water partition coefficient (Wildman–Crippen LogP) is 15.0. The van der Waals surface area contributed by atoms with Crippen LogP contribution in [0.15, 0.2) is 215 Å². The molecule has 2 aromatic heterocycles. The second kappa shape index (κ2) is 13.6. The summed E-state index contributed by atoms with van der Waals surface area (Å²) in [5, 5.41) is 4.39. The van der Waals surface area contributed by atoms with Gasteiger partial charge in [-0.05, 0) is 111 Å². The third kappa shape index (κ3) is 5.83.